The molecular weight excluding hydrogens is 382 g/mol. The average molecular weight is 403 g/mol. The smallest absolute Gasteiger partial charge is 0.273 e. The van der Waals surface area contributed by atoms with Crippen molar-refractivity contribution in [3.05, 3.63) is 86.9 Å². The van der Waals surface area contributed by atoms with Crippen LogP contribution in [0.5, 0.6) is 5.75 Å². The molecule has 4 rings (SSSR count). The minimum atomic E-state index is -0.398. The predicted octanol–water partition coefficient (Wildman–Crippen LogP) is 2.51. The van der Waals surface area contributed by atoms with Gasteiger partial charge in [0.15, 0.2) is 0 Å². The van der Waals surface area contributed by atoms with Crippen molar-refractivity contribution in [2.45, 2.75) is 13.1 Å². The van der Waals surface area contributed by atoms with E-state index in [1.165, 1.54) is 4.90 Å². The van der Waals surface area contributed by atoms with Crippen LogP contribution in [0.4, 0.5) is 0 Å². The summed E-state index contributed by atoms with van der Waals surface area (Å²) < 4.78 is 6.31. The second kappa shape index (κ2) is 7.87. The standard InChI is InChI=1S/C23H21N3O4/c1-25(13-15-7-8-17-12-18(30-2)10-9-16(17)11-15)21(27)14-26-23(29)20-6-4-3-5-19(20)22(28)24-26/h3-12H,13-14H2,1-2H3,(H,24,28). The third-order valence-electron chi connectivity index (χ3n) is 5.13. The topological polar surface area (TPSA) is 84.4 Å². The Hall–Kier alpha value is -3.87. The Morgan fingerprint density at radius 2 is 1.70 bits per heavy atom. The van der Waals surface area contributed by atoms with Gasteiger partial charge in [0.1, 0.15) is 12.3 Å². The van der Waals surface area contributed by atoms with Gasteiger partial charge in [-0.15, -0.1) is 0 Å². The van der Waals surface area contributed by atoms with Gasteiger partial charge in [-0.1, -0.05) is 30.3 Å². The first kappa shape index (κ1) is 19.4. The number of nitrogens with zero attached hydrogens (tertiary/aromatic N) is 2. The molecule has 7 nitrogen and oxygen atoms in total. The van der Waals surface area contributed by atoms with Crippen LogP contribution in [0.3, 0.4) is 0 Å². The number of H-pyrrole nitrogens is 1. The Bertz CT molecular complexity index is 1370. The van der Waals surface area contributed by atoms with Crippen LogP contribution in [0.15, 0.2) is 70.3 Å². The maximum absolute atomic E-state index is 12.7. The zero-order valence-electron chi connectivity index (χ0n) is 16.7. The first-order valence-corrected chi connectivity index (χ1v) is 9.49. The Morgan fingerprint density at radius 1 is 1.00 bits per heavy atom. The van der Waals surface area contributed by atoms with Gasteiger partial charge < -0.3 is 9.64 Å². The molecule has 0 saturated carbocycles. The molecule has 1 N–H and O–H groups in total. The summed E-state index contributed by atoms with van der Waals surface area (Å²) in [6.45, 7) is 0.146. The van der Waals surface area contributed by atoms with E-state index >= 15 is 0 Å². The van der Waals surface area contributed by atoms with Crippen molar-refractivity contribution < 1.29 is 9.53 Å². The van der Waals surface area contributed by atoms with Crippen LogP contribution in [0, 0.1) is 0 Å². The molecule has 30 heavy (non-hydrogen) atoms. The van der Waals surface area contributed by atoms with Crippen LogP contribution in [0.2, 0.25) is 0 Å². The molecule has 4 aromatic rings. The van der Waals surface area contributed by atoms with Gasteiger partial charge in [-0.3, -0.25) is 19.5 Å². The van der Waals surface area contributed by atoms with Gasteiger partial charge in [-0.25, -0.2) is 4.68 Å². The molecule has 152 valence electrons. The summed E-state index contributed by atoms with van der Waals surface area (Å²) in [7, 11) is 3.30. The maximum atomic E-state index is 12.7. The lowest BCUT2D eigenvalue weighted by atomic mass is 10.1. The fourth-order valence-corrected chi connectivity index (χ4v) is 3.47. The summed E-state index contributed by atoms with van der Waals surface area (Å²) in [6.07, 6.45) is 0. The predicted molar refractivity (Wildman–Crippen MR) is 116 cm³/mol. The number of likely N-dealkylation sites (N-methyl/N-ethyl adjacent to an activating group) is 1. The molecule has 0 saturated heterocycles. The number of rotatable bonds is 5. The monoisotopic (exact) mass is 403 g/mol. The minimum absolute atomic E-state index is 0.236. The lowest BCUT2D eigenvalue weighted by molar-refractivity contribution is -0.131. The Kier molecular flexibility index (Phi) is 5.10. The van der Waals surface area contributed by atoms with E-state index in [1.807, 2.05) is 36.4 Å². The number of hydrogen-bond donors (Lipinski definition) is 1. The molecule has 0 bridgehead atoms. The van der Waals surface area contributed by atoms with E-state index in [0.717, 1.165) is 26.8 Å². The van der Waals surface area contributed by atoms with Crippen LogP contribution in [0.1, 0.15) is 5.56 Å². The van der Waals surface area contributed by atoms with Gasteiger partial charge in [-0.05, 0) is 46.7 Å². The SMILES string of the molecule is COc1ccc2cc(CN(C)C(=O)Cn3[nH]c(=O)c4ccccc4c3=O)ccc2c1. The summed E-state index contributed by atoms with van der Waals surface area (Å²) in [5, 5.41) is 5.19. The summed E-state index contributed by atoms with van der Waals surface area (Å²) in [4.78, 5) is 39.0. The molecule has 0 aliphatic heterocycles. The number of aromatic nitrogens is 2. The molecule has 1 heterocycles. The van der Waals surface area contributed by atoms with Crippen molar-refractivity contribution in [3.63, 3.8) is 0 Å². The molecule has 0 radical (unpaired) electrons. The number of nitrogens with one attached hydrogen (secondary N) is 1. The Balaban J connectivity index is 1.54. The molecular formula is C23H21N3O4. The van der Waals surface area contributed by atoms with Crippen LogP contribution in [-0.4, -0.2) is 34.7 Å². The molecule has 7 heteroatoms. The van der Waals surface area contributed by atoms with E-state index in [-0.39, 0.29) is 12.5 Å². The maximum Gasteiger partial charge on any atom is 0.273 e. The molecule has 0 aliphatic carbocycles. The van der Waals surface area contributed by atoms with E-state index in [0.29, 0.717) is 17.3 Å². The molecule has 0 unspecified atom stereocenters. The number of methoxy groups -OCH3 is 1. The largest absolute Gasteiger partial charge is 0.497 e. The first-order valence-electron chi connectivity index (χ1n) is 9.49. The fraction of sp³-hybridized carbons (Fsp3) is 0.174. The lowest BCUT2D eigenvalue weighted by Gasteiger charge is -2.18. The Labute approximate surface area is 172 Å². The Morgan fingerprint density at radius 3 is 2.47 bits per heavy atom. The van der Waals surface area contributed by atoms with E-state index in [2.05, 4.69) is 5.10 Å². The van der Waals surface area contributed by atoms with Crippen molar-refractivity contribution in [1.82, 2.24) is 14.7 Å². The average Bonchev–Trinajstić information content (AvgIpc) is 2.76. The highest BCUT2D eigenvalue weighted by atomic mass is 16.5. The zero-order valence-corrected chi connectivity index (χ0v) is 16.7. The summed E-state index contributed by atoms with van der Waals surface area (Å²) in [5.41, 5.74) is 0.167. The fourth-order valence-electron chi connectivity index (χ4n) is 3.47. The number of ether oxygens (including phenoxy) is 1. The molecule has 0 atom stereocenters. The van der Waals surface area contributed by atoms with Crippen LogP contribution < -0.4 is 15.9 Å². The van der Waals surface area contributed by atoms with Crippen molar-refractivity contribution in [1.29, 1.82) is 0 Å². The summed E-state index contributed by atoms with van der Waals surface area (Å²) in [5.74, 6) is 0.509. The normalized spacial score (nSPS) is 11.0. The molecule has 0 spiro atoms. The third-order valence-corrected chi connectivity index (χ3v) is 5.13. The number of carbonyl (C=O) groups excluding carboxylic acids is 1. The second-order valence-corrected chi connectivity index (χ2v) is 7.18. The van der Waals surface area contributed by atoms with Gasteiger partial charge in [-0.2, -0.15) is 0 Å². The quantitative estimate of drug-likeness (QED) is 0.555. The molecule has 1 aromatic heterocycles. The number of amides is 1. The van der Waals surface area contributed by atoms with Gasteiger partial charge >= 0.3 is 0 Å². The zero-order chi connectivity index (χ0) is 21.3. The highest BCUT2D eigenvalue weighted by Gasteiger charge is 2.14. The van der Waals surface area contributed by atoms with Crippen LogP contribution >= 0.6 is 0 Å². The van der Waals surface area contributed by atoms with E-state index in [9.17, 15) is 14.4 Å². The molecule has 3 aromatic carbocycles. The van der Waals surface area contributed by atoms with Crippen molar-refractivity contribution >= 4 is 27.5 Å². The number of benzene rings is 3. The molecule has 0 fully saturated rings. The first-order chi connectivity index (χ1) is 14.5. The van der Waals surface area contributed by atoms with E-state index in [4.69, 9.17) is 4.74 Å². The highest BCUT2D eigenvalue weighted by Crippen LogP contribution is 2.22. The van der Waals surface area contributed by atoms with Gasteiger partial charge in [0.25, 0.3) is 11.1 Å². The van der Waals surface area contributed by atoms with Crippen LogP contribution in [-0.2, 0) is 17.9 Å². The molecule has 1 amide bonds. The van der Waals surface area contributed by atoms with Crippen molar-refractivity contribution in [2.24, 2.45) is 0 Å². The number of fused-ring (bicyclic) bond motifs is 2. The van der Waals surface area contributed by atoms with Crippen LogP contribution in [0.25, 0.3) is 21.5 Å². The van der Waals surface area contributed by atoms with Gasteiger partial charge in [0, 0.05) is 13.6 Å². The number of hydrogen-bond acceptors (Lipinski definition) is 4. The van der Waals surface area contributed by atoms with Gasteiger partial charge in [0.2, 0.25) is 5.91 Å². The van der Waals surface area contributed by atoms with Crippen molar-refractivity contribution in [2.75, 3.05) is 14.2 Å². The minimum Gasteiger partial charge on any atom is -0.497 e. The highest BCUT2D eigenvalue weighted by molar-refractivity contribution is 5.85. The van der Waals surface area contributed by atoms with E-state index < -0.39 is 11.1 Å². The van der Waals surface area contributed by atoms with E-state index in [1.54, 1.807) is 38.4 Å². The number of carbonyl (C=O) groups is 1. The summed E-state index contributed by atoms with van der Waals surface area (Å²) in [6, 6.07) is 18.3. The van der Waals surface area contributed by atoms with Gasteiger partial charge in [0.05, 0.1) is 17.9 Å². The lowest BCUT2D eigenvalue weighted by Crippen LogP contribution is -2.37. The third kappa shape index (κ3) is 3.69. The molecule has 0 aliphatic rings. The number of aromatic amines is 1. The summed E-state index contributed by atoms with van der Waals surface area (Å²) >= 11 is 0. The second-order valence-electron chi connectivity index (χ2n) is 7.18. The van der Waals surface area contributed by atoms with Crippen molar-refractivity contribution in [3.8, 4) is 5.75 Å².